The summed E-state index contributed by atoms with van der Waals surface area (Å²) in [7, 11) is 0. The lowest BCUT2D eigenvalue weighted by Crippen LogP contribution is -1.93. The Morgan fingerprint density at radius 1 is 1.14 bits per heavy atom. The van der Waals surface area contributed by atoms with E-state index in [4.69, 9.17) is 0 Å². The minimum atomic E-state index is 0.652. The Kier molecular flexibility index (Phi) is 4.50. The summed E-state index contributed by atoms with van der Waals surface area (Å²) in [5.41, 5.74) is 5.17. The SMILES string of the molecule is Cc1ccc(-c2csc3ncnc(SCC(C)C)c23)cc1C. The molecule has 0 N–H and O–H groups in total. The van der Waals surface area contributed by atoms with Crippen molar-refractivity contribution in [2.75, 3.05) is 5.75 Å². The highest BCUT2D eigenvalue weighted by Gasteiger charge is 2.14. The molecule has 2 aromatic heterocycles. The monoisotopic (exact) mass is 328 g/mol. The number of hydrogen-bond acceptors (Lipinski definition) is 4. The smallest absolute Gasteiger partial charge is 0.128 e. The van der Waals surface area contributed by atoms with E-state index in [1.807, 2.05) is 11.8 Å². The zero-order valence-corrected chi connectivity index (χ0v) is 15.0. The molecular weight excluding hydrogens is 308 g/mol. The van der Waals surface area contributed by atoms with Gasteiger partial charge in [-0.15, -0.1) is 23.1 Å². The molecule has 0 atom stereocenters. The molecule has 0 amide bonds. The summed E-state index contributed by atoms with van der Waals surface area (Å²) in [5.74, 6) is 1.73. The van der Waals surface area contributed by atoms with Crippen molar-refractivity contribution in [2.24, 2.45) is 5.92 Å². The molecule has 2 heterocycles. The van der Waals surface area contributed by atoms with Crippen LogP contribution in [-0.4, -0.2) is 15.7 Å². The predicted molar refractivity (Wildman–Crippen MR) is 97.9 cm³/mol. The minimum Gasteiger partial charge on any atom is -0.229 e. The highest BCUT2D eigenvalue weighted by molar-refractivity contribution is 7.99. The molecule has 2 nitrogen and oxygen atoms in total. The fraction of sp³-hybridized carbons (Fsp3) is 0.333. The average molecular weight is 329 g/mol. The standard InChI is InChI=1S/C18H20N2S2/c1-11(2)8-21-17-16-15(9-22-18(16)20-10-19-17)14-6-5-12(3)13(4)7-14/h5-7,9-11H,8H2,1-4H3. The lowest BCUT2D eigenvalue weighted by molar-refractivity contribution is 0.749. The Bertz CT molecular complexity index is 806. The van der Waals surface area contributed by atoms with Crippen LogP contribution in [0.5, 0.6) is 0 Å². The van der Waals surface area contributed by atoms with E-state index in [2.05, 4.69) is 61.2 Å². The van der Waals surface area contributed by atoms with E-state index in [0.29, 0.717) is 5.92 Å². The number of thiophene rings is 1. The Hall–Kier alpha value is -1.39. The lowest BCUT2D eigenvalue weighted by Gasteiger charge is -2.08. The first-order valence-corrected chi connectivity index (χ1v) is 9.35. The van der Waals surface area contributed by atoms with E-state index < -0.39 is 0 Å². The largest absolute Gasteiger partial charge is 0.229 e. The van der Waals surface area contributed by atoms with Gasteiger partial charge in [-0.05, 0) is 36.5 Å². The van der Waals surface area contributed by atoms with Crippen molar-refractivity contribution >= 4 is 33.3 Å². The van der Waals surface area contributed by atoms with Crippen LogP contribution in [-0.2, 0) is 0 Å². The number of rotatable bonds is 4. The molecule has 4 heteroatoms. The molecule has 1 aromatic carbocycles. The Morgan fingerprint density at radius 2 is 1.95 bits per heavy atom. The van der Waals surface area contributed by atoms with Crippen LogP contribution in [0.15, 0.2) is 34.9 Å². The second-order valence-corrected chi connectivity index (χ2v) is 7.88. The second kappa shape index (κ2) is 6.39. The average Bonchev–Trinajstić information content (AvgIpc) is 2.92. The summed E-state index contributed by atoms with van der Waals surface area (Å²) >= 11 is 3.54. The number of hydrogen-bond donors (Lipinski definition) is 0. The molecule has 0 aliphatic heterocycles. The van der Waals surface area contributed by atoms with Crippen LogP contribution in [0.2, 0.25) is 0 Å². The van der Waals surface area contributed by atoms with Gasteiger partial charge in [0.15, 0.2) is 0 Å². The first kappa shape index (κ1) is 15.5. The molecule has 0 aliphatic rings. The highest BCUT2D eigenvalue weighted by Crippen LogP contribution is 2.38. The molecule has 114 valence electrons. The zero-order chi connectivity index (χ0) is 15.7. The van der Waals surface area contributed by atoms with Crippen LogP contribution in [0.4, 0.5) is 0 Å². The molecule has 3 aromatic rings. The summed E-state index contributed by atoms with van der Waals surface area (Å²) in [5, 5.41) is 4.53. The zero-order valence-electron chi connectivity index (χ0n) is 13.4. The number of thioether (sulfide) groups is 1. The van der Waals surface area contributed by atoms with Crippen LogP contribution in [0.3, 0.4) is 0 Å². The number of nitrogens with zero attached hydrogens (tertiary/aromatic N) is 2. The van der Waals surface area contributed by atoms with E-state index in [1.54, 1.807) is 17.7 Å². The number of fused-ring (bicyclic) bond motifs is 1. The topological polar surface area (TPSA) is 25.8 Å². The molecule has 0 spiro atoms. The van der Waals surface area contributed by atoms with E-state index in [9.17, 15) is 0 Å². The molecule has 0 unspecified atom stereocenters. The third-order valence-electron chi connectivity index (χ3n) is 3.71. The van der Waals surface area contributed by atoms with Gasteiger partial charge in [-0.3, -0.25) is 0 Å². The van der Waals surface area contributed by atoms with Gasteiger partial charge in [0.25, 0.3) is 0 Å². The summed E-state index contributed by atoms with van der Waals surface area (Å²) in [4.78, 5) is 10.1. The highest BCUT2D eigenvalue weighted by atomic mass is 32.2. The fourth-order valence-electron chi connectivity index (χ4n) is 2.32. The van der Waals surface area contributed by atoms with Gasteiger partial charge in [0, 0.05) is 16.7 Å². The minimum absolute atomic E-state index is 0.652. The Balaban J connectivity index is 2.11. The maximum Gasteiger partial charge on any atom is 0.128 e. The van der Waals surface area contributed by atoms with Crippen LogP contribution >= 0.6 is 23.1 Å². The lowest BCUT2D eigenvalue weighted by atomic mass is 10.0. The summed E-state index contributed by atoms with van der Waals surface area (Å²) in [6, 6.07) is 6.66. The predicted octanol–water partition coefficient (Wildman–Crippen LogP) is 5.72. The van der Waals surface area contributed by atoms with E-state index in [1.165, 1.54) is 27.6 Å². The Labute approximate surface area is 140 Å². The van der Waals surface area contributed by atoms with E-state index in [-0.39, 0.29) is 0 Å². The first-order valence-electron chi connectivity index (χ1n) is 7.49. The summed E-state index contributed by atoms with van der Waals surface area (Å²) in [6.45, 7) is 8.79. The van der Waals surface area contributed by atoms with Crippen LogP contribution < -0.4 is 0 Å². The van der Waals surface area contributed by atoms with Crippen LogP contribution in [0.25, 0.3) is 21.3 Å². The summed E-state index contributed by atoms with van der Waals surface area (Å²) in [6.07, 6.45) is 1.69. The third-order valence-corrected chi connectivity index (χ3v) is 6.01. The quantitative estimate of drug-likeness (QED) is 0.452. The third kappa shape index (κ3) is 3.03. The molecule has 0 radical (unpaired) electrons. The number of benzene rings is 1. The van der Waals surface area contributed by atoms with Gasteiger partial charge in [-0.25, -0.2) is 9.97 Å². The molecule has 0 saturated carbocycles. The number of aromatic nitrogens is 2. The summed E-state index contributed by atoms with van der Waals surface area (Å²) < 4.78 is 0. The first-order chi connectivity index (χ1) is 10.6. The van der Waals surface area contributed by atoms with Crippen LogP contribution in [0.1, 0.15) is 25.0 Å². The molecule has 0 fully saturated rings. The van der Waals surface area contributed by atoms with Crippen molar-refractivity contribution in [2.45, 2.75) is 32.7 Å². The van der Waals surface area contributed by atoms with Gasteiger partial charge < -0.3 is 0 Å². The second-order valence-electron chi connectivity index (χ2n) is 6.01. The van der Waals surface area contributed by atoms with Gasteiger partial charge in [0.1, 0.15) is 16.2 Å². The van der Waals surface area contributed by atoms with Gasteiger partial charge in [-0.1, -0.05) is 32.0 Å². The van der Waals surface area contributed by atoms with Gasteiger partial charge in [-0.2, -0.15) is 0 Å². The van der Waals surface area contributed by atoms with Crippen molar-refractivity contribution in [3.63, 3.8) is 0 Å². The van der Waals surface area contributed by atoms with Crippen molar-refractivity contribution in [3.05, 3.63) is 41.0 Å². The molecule has 0 bridgehead atoms. The van der Waals surface area contributed by atoms with Crippen molar-refractivity contribution in [1.29, 1.82) is 0 Å². The normalized spacial score (nSPS) is 11.5. The fourth-order valence-corrected chi connectivity index (χ4v) is 4.27. The number of aryl methyl sites for hydroxylation is 2. The van der Waals surface area contributed by atoms with Gasteiger partial charge in [0.2, 0.25) is 0 Å². The van der Waals surface area contributed by atoms with Gasteiger partial charge in [0.05, 0.1) is 5.39 Å². The maximum absolute atomic E-state index is 4.54. The molecule has 22 heavy (non-hydrogen) atoms. The van der Waals surface area contributed by atoms with Crippen molar-refractivity contribution in [3.8, 4) is 11.1 Å². The van der Waals surface area contributed by atoms with Crippen molar-refractivity contribution < 1.29 is 0 Å². The molecule has 0 aliphatic carbocycles. The van der Waals surface area contributed by atoms with Gasteiger partial charge >= 0.3 is 0 Å². The molecule has 0 saturated heterocycles. The van der Waals surface area contributed by atoms with Crippen LogP contribution in [0, 0.1) is 19.8 Å². The Morgan fingerprint density at radius 3 is 2.68 bits per heavy atom. The molecule has 3 rings (SSSR count). The van der Waals surface area contributed by atoms with E-state index in [0.717, 1.165) is 15.6 Å². The van der Waals surface area contributed by atoms with Crippen molar-refractivity contribution in [1.82, 2.24) is 9.97 Å². The van der Waals surface area contributed by atoms with E-state index >= 15 is 0 Å². The maximum atomic E-state index is 4.54. The molecular formula is C18H20N2S2.